The molecule has 1 saturated carbocycles. The molecule has 1 aliphatic carbocycles. The average Bonchev–Trinajstić information content (AvgIpc) is 3.11. The highest BCUT2D eigenvalue weighted by Gasteiger charge is 2.49. The maximum atomic E-state index is 11.6. The number of carbonyl (C=O) groups is 4. The van der Waals surface area contributed by atoms with Gasteiger partial charge in [0.1, 0.15) is 12.2 Å². The van der Waals surface area contributed by atoms with Crippen molar-refractivity contribution in [3.63, 3.8) is 0 Å². The predicted molar refractivity (Wildman–Crippen MR) is 87.1 cm³/mol. The molecule has 2 rings (SSSR count). The molecule has 1 aromatic heterocycles. The topological polar surface area (TPSA) is 114 Å². The predicted octanol–water partition coefficient (Wildman–Crippen LogP) is 1.07. The number of esters is 3. The highest BCUT2D eigenvalue weighted by molar-refractivity contribution is 5.75. The molecule has 0 bridgehead atoms. The Labute approximate surface area is 150 Å². The van der Waals surface area contributed by atoms with Crippen molar-refractivity contribution in [2.75, 3.05) is 6.61 Å². The van der Waals surface area contributed by atoms with Gasteiger partial charge in [-0.25, -0.2) is 4.68 Å². The second-order valence-electron chi connectivity index (χ2n) is 6.26. The van der Waals surface area contributed by atoms with Crippen LogP contribution >= 0.6 is 0 Å². The standard InChI is InChI=1S/C17H22N2O7/c1-9(20)19-6-5-15(18-19)14-7-13(8-24-10(2)21)16(25-11(3)22)17(14)26-12(4)23/h5-6,13-14,16-17H,7-8H2,1-4H3/t13-,14-,16+,17-/m0/s1. The van der Waals surface area contributed by atoms with Crippen LogP contribution in [0.3, 0.4) is 0 Å². The average molecular weight is 366 g/mol. The first kappa shape index (κ1) is 19.6. The van der Waals surface area contributed by atoms with E-state index < -0.39 is 36.0 Å². The summed E-state index contributed by atoms with van der Waals surface area (Å²) in [5.74, 6) is -2.54. The molecule has 0 saturated heterocycles. The first-order chi connectivity index (χ1) is 12.2. The van der Waals surface area contributed by atoms with Gasteiger partial charge in [0.15, 0.2) is 0 Å². The van der Waals surface area contributed by atoms with Gasteiger partial charge in [0.05, 0.1) is 12.3 Å². The zero-order chi connectivity index (χ0) is 19.4. The smallest absolute Gasteiger partial charge is 0.303 e. The minimum absolute atomic E-state index is 0.0228. The van der Waals surface area contributed by atoms with Crippen LogP contribution in [0.2, 0.25) is 0 Å². The monoisotopic (exact) mass is 366 g/mol. The summed E-state index contributed by atoms with van der Waals surface area (Å²) in [4.78, 5) is 45.7. The molecule has 0 radical (unpaired) electrons. The minimum atomic E-state index is -0.785. The van der Waals surface area contributed by atoms with Crippen LogP contribution < -0.4 is 0 Å². The van der Waals surface area contributed by atoms with Gasteiger partial charge in [-0.15, -0.1) is 0 Å². The van der Waals surface area contributed by atoms with Gasteiger partial charge in [-0.1, -0.05) is 0 Å². The number of aromatic nitrogens is 2. The summed E-state index contributed by atoms with van der Waals surface area (Å²) >= 11 is 0. The SMILES string of the molecule is CC(=O)OC[C@@H]1C[C@@H](c2ccn(C(C)=O)n2)[C@H](OC(C)=O)[C@@H]1OC(C)=O. The highest BCUT2D eigenvalue weighted by atomic mass is 16.6. The van der Waals surface area contributed by atoms with E-state index in [9.17, 15) is 19.2 Å². The quantitative estimate of drug-likeness (QED) is 0.562. The van der Waals surface area contributed by atoms with E-state index in [1.54, 1.807) is 6.07 Å². The third-order valence-electron chi connectivity index (χ3n) is 4.16. The molecule has 4 atom stereocenters. The number of hydrogen-bond acceptors (Lipinski definition) is 8. The maximum absolute atomic E-state index is 11.6. The number of ether oxygens (including phenoxy) is 3. The van der Waals surface area contributed by atoms with E-state index in [-0.39, 0.29) is 18.4 Å². The molecule has 1 heterocycles. The summed E-state index contributed by atoms with van der Waals surface area (Å²) in [6.07, 6.45) is 0.372. The van der Waals surface area contributed by atoms with Crippen LogP contribution in [0, 0.1) is 5.92 Å². The number of nitrogens with zero attached hydrogens (tertiary/aromatic N) is 2. The lowest BCUT2D eigenvalue weighted by Gasteiger charge is -2.25. The summed E-state index contributed by atoms with van der Waals surface area (Å²) in [6.45, 7) is 5.20. The lowest BCUT2D eigenvalue weighted by molar-refractivity contribution is -0.167. The van der Waals surface area contributed by atoms with E-state index in [2.05, 4.69) is 5.10 Å². The van der Waals surface area contributed by atoms with E-state index in [4.69, 9.17) is 14.2 Å². The Kier molecular flexibility index (Phi) is 6.12. The van der Waals surface area contributed by atoms with Crippen molar-refractivity contribution < 1.29 is 33.4 Å². The van der Waals surface area contributed by atoms with E-state index in [0.717, 1.165) is 0 Å². The summed E-state index contributed by atoms with van der Waals surface area (Å²) in [7, 11) is 0. The fourth-order valence-electron chi connectivity index (χ4n) is 3.17. The lowest BCUT2D eigenvalue weighted by Crippen LogP contribution is -2.37. The van der Waals surface area contributed by atoms with E-state index in [0.29, 0.717) is 12.1 Å². The van der Waals surface area contributed by atoms with Crippen molar-refractivity contribution in [1.29, 1.82) is 0 Å². The fraction of sp³-hybridized carbons (Fsp3) is 0.588. The van der Waals surface area contributed by atoms with Crippen LogP contribution in [0.4, 0.5) is 0 Å². The zero-order valence-corrected chi connectivity index (χ0v) is 15.1. The molecule has 1 fully saturated rings. The number of rotatable bonds is 5. The number of carbonyl (C=O) groups excluding carboxylic acids is 4. The van der Waals surface area contributed by atoms with Crippen molar-refractivity contribution in [2.45, 2.75) is 52.2 Å². The highest BCUT2D eigenvalue weighted by Crippen LogP contribution is 2.42. The molecule has 0 spiro atoms. The Morgan fingerprint density at radius 3 is 2.15 bits per heavy atom. The molecule has 1 aromatic rings. The van der Waals surface area contributed by atoms with Crippen LogP contribution in [-0.2, 0) is 28.6 Å². The summed E-state index contributed by atoms with van der Waals surface area (Å²) in [5, 5.41) is 4.22. The maximum Gasteiger partial charge on any atom is 0.303 e. The second-order valence-corrected chi connectivity index (χ2v) is 6.26. The molecule has 0 amide bonds. The molecule has 142 valence electrons. The molecular weight excluding hydrogens is 344 g/mol. The van der Waals surface area contributed by atoms with Crippen molar-refractivity contribution in [3.8, 4) is 0 Å². The molecule has 9 nitrogen and oxygen atoms in total. The van der Waals surface area contributed by atoms with Gasteiger partial charge < -0.3 is 14.2 Å². The van der Waals surface area contributed by atoms with Crippen LogP contribution in [0.5, 0.6) is 0 Å². The third-order valence-corrected chi connectivity index (χ3v) is 4.16. The van der Waals surface area contributed by atoms with Gasteiger partial charge in [-0.3, -0.25) is 19.2 Å². The molecule has 26 heavy (non-hydrogen) atoms. The molecule has 1 aliphatic rings. The normalized spacial score (nSPS) is 24.8. The lowest BCUT2D eigenvalue weighted by atomic mass is 10.0. The Morgan fingerprint density at radius 2 is 1.65 bits per heavy atom. The van der Waals surface area contributed by atoms with Crippen LogP contribution in [0.1, 0.15) is 50.5 Å². The summed E-state index contributed by atoms with van der Waals surface area (Å²) < 4.78 is 17.0. The van der Waals surface area contributed by atoms with Crippen molar-refractivity contribution in [1.82, 2.24) is 9.78 Å². The van der Waals surface area contributed by atoms with E-state index in [1.807, 2.05) is 0 Å². The fourth-order valence-corrected chi connectivity index (χ4v) is 3.17. The Balaban J connectivity index is 2.33. The van der Waals surface area contributed by atoms with Gasteiger partial charge in [0.25, 0.3) is 0 Å². The molecule has 9 heteroatoms. The Bertz CT molecular complexity index is 712. The number of hydrogen-bond donors (Lipinski definition) is 0. The Morgan fingerprint density at radius 1 is 1.04 bits per heavy atom. The molecule has 0 unspecified atom stereocenters. The van der Waals surface area contributed by atoms with Gasteiger partial charge in [-0.2, -0.15) is 5.10 Å². The second kappa shape index (κ2) is 8.11. The first-order valence-corrected chi connectivity index (χ1v) is 8.23. The zero-order valence-electron chi connectivity index (χ0n) is 15.1. The summed E-state index contributed by atoms with van der Waals surface area (Å²) in [5.41, 5.74) is 0.536. The van der Waals surface area contributed by atoms with Gasteiger partial charge in [0.2, 0.25) is 5.91 Å². The summed E-state index contributed by atoms with van der Waals surface area (Å²) in [6, 6.07) is 1.65. The van der Waals surface area contributed by atoms with Gasteiger partial charge in [0, 0.05) is 45.7 Å². The molecule has 0 aliphatic heterocycles. The largest absolute Gasteiger partial charge is 0.465 e. The third kappa shape index (κ3) is 4.68. The minimum Gasteiger partial charge on any atom is -0.465 e. The molecular formula is C17H22N2O7. The first-order valence-electron chi connectivity index (χ1n) is 8.23. The van der Waals surface area contributed by atoms with Gasteiger partial charge in [-0.05, 0) is 12.5 Å². The van der Waals surface area contributed by atoms with E-state index in [1.165, 1.54) is 38.6 Å². The van der Waals surface area contributed by atoms with Crippen molar-refractivity contribution >= 4 is 23.8 Å². The van der Waals surface area contributed by atoms with Crippen molar-refractivity contribution in [3.05, 3.63) is 18.0 Å². The van der Waals surface area contributed by atoms with Crippen LogP contribution in [0.25, 0.3) is 0 Å². The molecule has 0 aromatic carbocycles. The van der Waals surface area contributed by atoms with Crippen molar-refractivity contribution in [2.24, 2.45) is 5.92 Å². The van der Waals surface area contributed by atoms with Gasteiger partial charge >= 0.3 is 17.9 Å². The van der Waals surface area contributed by atoms with Crippen LogP contribution in [0.15, 0.2) is 12.3 Å². The van der Waals surface area contributed by atoms with Crippen LogP contribution in [-0.4, -0.2) is 52.4 Å². The van der Waals surface area contributed by atoms with E-state index >= 15 is 0 Å². The molecule has 0 N–H and O–H groups in total. The Hall–Kier alpha value is -2.71.